The molecule has 0 amide bonds. The molecule has 4 heteroatoms. The lowest BCUT2D eigenvalue weighted by molar-refractivity contribution is -0.587. The highest BCUT2D eigenvalue weighted by atomic mass is 17.4. The standard InChI is InChI=1S/C8H14O4/c1-6(2)4-8-5-7(3,9-11-8)10-12-8/h6H,4-5H2,1-3H3. The molecular formula is C8H14O4. The lowest BCUT2D eigenvalue weighted by Gasteiger charge is -2.25. The van der Waals surface area contributed by atoms with Crippen LogP contribution < -0.4 is 0 Å². The van der Waals surface area contributed by atoms with Crippen LogP contribution in [0.3, 0.4) is 0 Å². The molecule has 2 bridgehead atoms. The van der Waals surface area contributed by atoms with Gasteiger partial charge in [-0.15, -0.1) is 0 Å². The van der Waals surface area contributed by atoms with Crippen molar-refractivity contribution in [3.8, 4) is 0 Å². The largest absolute Gasteiger partial charge is 0.239 e. The maximum Gasteiger partial charge on any atom is 0.239 e. The first-order valence-corrected chi connectivity index (χ1v) is 4.27. The molecule has 0 atom stereocenters. The predicted molar refractivity (Wildman–Crippen MR) is 39.5 cm³/mol. The van der Waals surface area contributed by atoms with E-state index in [1.165, 1.54) is 0 Å². The molecule has 0 aromatic carbocycles. The predicted octanol–water partition coefficient (Wildman–Crippen LogP) is 1.76. The van der Waals surface area contributed by atoms with Crippen LogP contribution in [-0.2, 0) is 19.6 Å². The van der Waals surface area contributed by atoms with Gasteiger partial charge >= 0.3 is 0 Å². The minimum absolute atomic E-state index is 0.498. The highest BCUT2D eigenvalue weighted by Crippen LogP contribution is 2.48. The Morgan fingerprint density at radius 3 is 2.08 bits per heavy atom. The van der Waals surface area contributed by atoms with E-state index in [2.05, 4.69) is 13.8 Å². The van der Waals surface area contributed by atoms with Crippen LogP contribution in [0.4, 0.5) is 0 Å². The van der Waals surface area contributed by atoms with Gasteiger partial charge in [0.05, 0.1) is 6.42 Å². The molecule has 0 aliphatic carbocycles. The van der Waals surface area contributed by atoms with Gasteiger partial charge in [-0.3, -0.25) is 0 Å². The van der Waals surface area contributed by atoms with Crippen LogP contribution in [0.15, 0.2) is 0 Å². The monoisotopic (exact) mass is 174 g/mol. The molecule has 0 N–H and O–H groups in total. The Balaban J connectivity index is 2.05. The molecule has 2 rings (SSSR count). The third-order valence-corrected chi connectivity index (χ3v) is 2.05. The van der Waals surface area contributed by atoms with E-state index in [4.69, 9.17) is 19.6 Å². The van der Waals surface area contributed by atoms with Gasteiger partial charge in [-0.05, 0) is 12.8 Å². The minimum atomic E-state index is -0.686. The van der Waals surface area contributed by atoms with Gasteiger partial charge < -0.3 is 0 Å². The summed E-state index contributed by atoms with van der Waals surface area (Å²) in [6.45, 7) is 6.02. The summed E-state index contributed by atoms with van der Waals surface area (Å²) in [6.07, 6.45) is 1.45. The Bertz CT molecular complexity index is 181. The molecule has 0 spiro atoms. The van der Waals surface area contributed by atoms with Crippen LogP contribution in [0.1, 0.15) is 33.6 Å². The van der Waals surface area contributed by atoms with Gasteiger partial charge in [-0.2, -0.15) is 19.6 Å². The normalized spacial score (nSPS) is 46.0. The van der Waals surface area contributed by atoms with Gasteiger partial charge in [-0.1, -0.05) is 13.8 Å². The molecular weight excluding hydrogens is 160 g/mol. The smallest absolute Gasteiger partial charge is 0.195 e. The van der Waals surface area contributed by atoms with Crippen molar-refractivity contribution in [3.63, 3.8) is 0 Å². The van der Waals surface area contributed by atoms with Crippen molar-refractivity contribution in [2.45, 2.75) is 45.2 Å². The Hall–Kier alpha value is -0.160. The van der Waals surface area contributed by atoms with Crippen molar-refractivity contribution in [1.29, 1.82) is 0 Å². The molecule has 0 saturated carbocycles. The zero-order valence-electron chi connectivity index (χ0n) is 7.62. The van der Waals surface area contributed by atoms with E-state index in [0.29, 0.717) is 12.3 Å². The molecule has 2 aliphatic heterocycles. The summed E-state index contributed by atoms with van der Waals surface area (Å²) in [4.78, 5) is 20.2. The molecule has 0 unspecified atom stereocenters. The molecule has 70 valence electrons. The fourth-order valence-corrected chi connectivity index (χ4v) is 1.73. The maximum absolute atomic E-state index is 5.11. The van der Waals surface area contributed by atoms with E-state index in [1.807, 2.05) is 6.92 Å². The highest BCUT2D eigenvalue weighted by molar-refractivity contribution is 4.84. The highest BCUT2D eigenvalue weighted by Gasteiger charge is 2.60. The van der Waals surface area contributed by atoms with Gasteiger partial charge in [-0.25, -0.2) is 0 Å². The second-order valence-electron chi connectivity index (χ2n) is 4.15. The van der Waals surface area contributed by atoms with Crippen molar-refractivity contribution in [2.75, 3.05) is 0 Å². The van der Waals surface area contributed by atoms with E-state index in [0.717, 1.165) is 6.42 Å². The molecule has 0 radical (unpaired) electrons. The quantitative estimate of drug-likeness (QED) is 0.598. The van der Waals surface area contributed by atoms with Gasteiger partial charge in [0.25, 0.3) is 0 Å². The van der Waals surface area contributed by atoms with Crippen LogP contribution in [0.2, 0.25) is 0 Å². The number of fused-ring (bicyclic) bond motifs is 2. The van der Waals surface area contributed by atoms with Crippen LogP contribution in [0, 0.1) is 5.92 Å². The summed E-state index contributed by atoms with van der Waals surface area (Å²) in [5.41, 5.74) is 0. The zero-order valence-corrected chi connectivity index (χ0v) is 7.62. The molecule has 0 aromatic heterocycles. The van der Waals surface area contributed by atoms with Crippen molar-refractivity contribution < 1.29 is 19.6 Å². The average molecular weight is 174 g/mol. The lowest BCUT2D eigenvalue weighted by Crippen LogP contribution is -2.32. The number of rotatable bonds is 2. The summed E-state index contributed by atoms with van der Waals surface area (Å²) in [6, 6.07) is 0. The number of hydrogen-bond donors (Lipinski definition) is 0. The van der Waals surface area contributed by atoms with Crippen molar-refractivity contribution >= 4 is 0 Å². The Labute approximate surface area is 71.6 Å². The Morgan fingerprint density at radius 1 is 1.17 bits per heavy atom. The first-order valence-electron chi connectivity index (χ1n) is 4.27. The number of hydrogen-bond acceptors (Lipinski definition) is 4. The lowest BCUT2D eigenvalue weighted by atomic mass is 9.98. The van der Waals surface area contributed by atoms with E-state index in [9.17, 15) is 0 Å². The molecule has 2 heterocycles. The average Bonchev–Trinajstić information content (AvgIpc) is 2.39. The third kappa shape index (κ3) is 1.25. The van der Waals surface area contributed by atoms with Crippen molar-refractivity contribution in [3.05, 3.63) is 0 Å². The van der Waals surface area contributed by atoms with Gasteiger partial charge in [0.2, 0.25) is 11.6 Å². The Kier molecular flexibility index (Phi) is 1.70. The second-order valence-corrected chi connectivity index (χ2v) is 4.15. The zero-order chi connectivity index (χ0) is 8.82. The summed E-state index contributed by atoms with van der Waals surface area (Å²) in [5.74, 6) is -0.838. The summed E-state index contributed by atoms with van der Waals surface area (Å²) < 4.78 is 0. The van der Waals surface area contributed by atoms with E-state index in [-0.39, 0.29) is 0 Å². The van der Waals surface area contributed by atoms with Crippen LogP contribution in [0.25, 0.3) is 0 Å². The molecule has 2 saturated heterocycles. The fraction of sp³-hybridized carbons (Fsp3) is 1.00. The van der Waals surface area contributed by atoms with E-state index >= 15 is 0 Å². The Morgan fingerprint density at radius 2 is 1.75 bits per heavy atom. The first kappa shape index (κ1) is 8.44. The topological polar surface area (TPSA) is 36.9 Å². The van der Waals surface area contributed by atoms with Gasteiger partial charge in [0.1, 0.15) is 0 Å². The second kappa shape index (κ2) is 2.42. The first-order chi connectivity index (χ1) is 5.54. The summed E-state index contributed by atoms with van der Waals surface area (Å²) in [5, 5.41) is 0. The summed E-state index contributed by atoms with van der Waals surface area (Å²) in [7, 11) is 0. The van der Waals surface area contributed by atoms with Crippen LogP contribution in [-0.4, -0.2) is 11.6 Å². The molecule has 0 aromatic rings. The van der Waals surface area contributed by atoms with Gasteiger partial charge in [0, 0.05) is 6.42 Å². The molecule has 12 heavy (non-hydrogen) atoms. The third-order valence-electron chi connectivity index (χ3n) is 2.05. The molecule has 2 fully saturated rings. The van der Waals surface area contributed by atoms with E-state index < -0.39 is 11.6 Å². The van der Waals surface area contributed by atoms with Gasteiger partial charge in [0.15, 0.2) is 0 Å². The SMILES string of the molecule is CC(C)CC12CC(C)(OO1)OO2. The van der Waals surface area contributed by atoms with Crippen molar-refractivity contribution in [1.82, 2.24) is 0 Å². The van der Waals surface area contributed by atoms with Crippen molar-refractivity contribution in [2.24, 2.45) is 5.92 Å². The molecule has 4 nitrogen and oxygen atoms in total. The summed E-state index contributed by atoms with van der Waals surface area (Å²) >= 11 is 0. The molecule has 2 aliphatic rings. The minimum Gasteiger partial charge on any atom is -0.195 e. The van der Waals surface area contributed by atoms with Crippen LogP contribution >= 0.6 is 0 Å². The van der Waals surface area contributed by atoms with Crippen LogP contribution in [0.5, 0.6) is 0 Å². The van der Waals surface area contributed by atoms with E-state index in [1.54, 1.807) is 0 Å². The maximum atomic E-state index is 5.11. The fourth-order valence-electron chi connectivity index (χ4n) is 1.73.